The largest absolute Gasteiger partial charge is 0.480 e. The van der Waals surface area contributed by atoms with Crippen molar-refractivity contribution in [2.75, 3.05) is 19.7 Å². The van der Waals surface area contributed by atoms with Crippen LogP contribution >= 0.6 is 0 Å². The van der Waals surface area contributed by atoms with Crippen LogP contribution < -0.4 is 5.32 Å². The van der Waals surface area contributed by atoms with E-state index in [1.165, 1.54) is 27.2 Å². The number of ether oxygens (including phenoxy) is 1. The molecular weight excluding hydrogens is 444 g/mol. The third-order valence-corrected chi connectivity index (χ3v) is 7.95. The van der Waals surface area contributed by atoms with Crippen LogP contribution in [-0.4, -0.2) is 53.7 Å². The van der Waals surface area contributed by atoms with Crippen molar-refractivity contribution in [3.8, 4) is 11.1 Å². The first-order chi connectivity index (χ1) is 17.0. The summed E-state index contributed by atoms with van der Waals surface area (Å²) < 4.78 is 5.69. The molecule has 3 aliphatic carbocycles. The lowest BCUT2D eigenvalue weighted by Crippen LogP contribution is -2.50. The van der Waals surface area contributed by atoms with Crippen molar-refractivity contribution in [1.29, 1.82) is 0 Å². The maximum absolute atomic E-state index is 12.9. The highest BCUT2D eigenvalue weighted by Crippen LogP contribution is 2.50. The number of amides is 2. The lowest BCUT2D eigenvalue weighted by atomic mass is 9.71. The van der Waals surface area contributed by atoms with Gasteiger partial charge in [-0.15, -0.1) is 0 Å². The molecule has 5 rings (SSSR count). The third kappa shape index (κ3) is 4.51. The first-order valence-electron chi connectivity index (χ1n) is 12.6. The zero-order valence-electron chi connectivity index (χ0n) is 20.0. The standard InChI is InChI=1S/C28H32N2O5/c1-2-11-30(15-26(31)32)27(33)18-12-17-14-25(23(17)13-18)29-28(34)35-16-24-21-9-5-3-7-19(21)20-8-4-6-10-22(20)24/h3-10,17-18,23-25H,2,11-16H2,1H3,(H,29,34)(H,31,32). The third-order valence-electron chi connectivity index (χ3n) is 7.95. The van der Waals surface area contributed by atoms with Gasteiger partial charge in [-0.05, 0) is 59.8 Å². The van der Waals surface area contributed by atoms with Gasteiger partial charge >= 0.3 is 12.1 Å². The normalized spacial score (nSPS) is 24.0. The minimum atomic E-state index is -0.984. The van der Waals surface area contributed by atoms with Crippen LogP contribution in [0, 0.1) is 17.8 Å². The molecule has 2 amide bonds. The Labute approximate surface area is 205 Å². The minimum Gasteiger partial charge on any atom is -0.480 e. The molecular formula is C28H32N2O5. The number of carboxylic acid groups (broad SMARTS) is 1. The summed E-state index contributed by atoms with van der Waals surface area (Å²) in [6.07, 6.45) is 2.61. The van der Waals surface area contributed by atoms with Gasteiger partial charge in [0.15, 0.2) is 0 Å². The number of alkyl carbamates (subject to hydrolysis) is 1. The number of benzene rings is 2. The van der Waals surface area contributed by atoms with Gasteiger partial charge in [0.2, 0.25) is 5.91 Å². The first kappa shape index (κ1) is 23.4. The van der Waals surface area contributed by atoms with Gasteiger partial charge in [0.1, 0.15) is 13.2 Å². The van der Waals surface area contributed by atoms with E-state index in [4.69, 9.17) is 9.84 Å². The maximum atomic E-state index is 12.9. The van der Waals surface area contributed by atoms with Crippen LogP contribution in [-0.2, 0) is 14.3 Å². The van der Waals surface area contributed by atoms with Gasteiger partial charge in [-0.2, -0.15) is 0 Å². The smallest absolute Gasteiger partial charge is 0.407 e. The van der Waals surface area contributed by atoms with Crippen LogP contribution in [0.4, 0.5) is 4.79 Å². The SMILES string of the molecule is CCCN(CC(=O)O)C(=O)C1CC2CC(NC(=O)OCC3c4ccccc4-c4ccccc43)C2C1. The van der Waals surface area contributed by atoms with Crippen molar-refractivity contribution in [2.45, 2.75) is 44.6 Å². The number of rotatable bonds is 8. The monoisotopic (exact) mass is 476 g/mol. The summed E-state index contributed by atoms with van der Waals surface area (Å²) in [5.74, 6) is -0.542. The van der Waals surface area contributed by atoms with Crippen molar-refractivity contribution < 1.29 is 24.2 Å². The Morgan fingerprint density at radius 1 is 1.00 bits per heavy atom. The molecule has 0 aliphatic heterocycles. The lowest BCUT2D eigenvalue weighted by Gasteiger charge is -2.40. The van der Waals surface area contributed by atoms with E-state index in [0.29, 0.717) is 18.9 Å². The predicted octanol–water partition coefficient (Wildman–Crippen LogP) is 4.26. The first-order valence-corrected chi connectivity index (χ1v) is 12.6. The van der Waals surface area contributed by atoms with Crippen molar-refractivity contribution in [2.24, 2.45) is 17.8 Å². The van der Waals surface area contributed by atoms with Gasteiger partial charge < -0.3 is 20.1 Å². The topological polar surface area (TPSA) is 95.9 Å². The van der Waals surface area contributed by atoms with Crippen LogP contribution in [0.15, 0.2) is 48.5 Å². The summed E-state index contributed by atoms with van der Waals surface area (Å²) in [4.78, 5) is 38.2. The van der Waals surface area contributed by atoms with Crippen LogP contribution in [0.2, 0.25) is 0 Å². The van der Waals surface area contributed by atoms with Gasteiger partial charge in [-0.25, -0.2) is 4.79 Å². The number of nitrogens with one attached hydrogen (secondary N) is 1. The molecule has 2 aromatic rings. The van der Waals surface area contributed by atoms with Gasteiger partial charge in [-0.3, -0.25) is 9.59 Å². The Kier molecular flexibility index (Phi) is 6.50. The molecule has 35 heavy (non-hydrogen) atoms. The van der Waals surface area contributed by atoms with E-state index in [0.717, 1.165) is 19.3 Å². The Bertz CT molecular complexity index is 1090. The molecule has 0 bridgehead atoms. The fourth-order valence-corrected chi connectivity index (χ4v) is 6.34. The second-order valence-corrected chi connectivity index (χ2v) is 10.1. The van der Waals surface area contributed by atoms with E-state index < -0.39 is 12.1 Å². The summed E-state index contributed by atoms with van der Waals surface area (Å²) in [5, 5.41) is 12.2. The predicted molar refractivity (Wildman–Crippen MR) is 131 cm³/mol. The summed E-state index contributed by atoms with van der Waals surface area (Å²) in [7, 11) is 0. The number of nitrogens with zero attached hydrogens (tertiary/aromatic N) is 1. The number of carboxylic acids is 1. The van der Waals surface area contributed by atoms with Gasteiger partial charge in [0, 0.05) is 24.4 Å². The second-order valence-electron chi connectivity index (χ2n) is 10.1. The van der Waals surface area contributed by atoms with Crippen molar-refractivity contribution >= 4 is 18.0 Å². The van der Waals surface area contributed by atoms with Crippen LogP contribution in [0.1, 0.15) is 49.7 Å². The van der Waals surface area contributed by atoms with Crippen molar-refractivity contribution in [1.82, 2.24) is 10.2 Å². The van der Waals surface area contributed by atoms with E-state index in [-0.39, 0.29) is 42.9 Å². The highest BCUT2D eigenvalue weighted by molar-refractivity contribution is 5.83. The molecule has 2 saturated carbocycles. The minimum absolute atomic E-state index is 0.00699. The number of carbonyl (C=O) groups is 3. The molecule has 3 aliphatic rings. The van der Waals surface area contributed by atoms with E-state index in [1.54, 1.807) is 0 Å². The second kappa shape index (κ2) is 9.72. The number of hydrogen-bond acceptors (Lipinski definition) is 4. The van der Waals surface area contributed by atoms with Crippen LogP contribution in [0.5, 0.6) is 0 Å². The lowest BCUT2D eigenvalue weighted by molar-refractivity contribution is -0.146. The molecule has 4 unspecified atom stereocenters. The molecule has 184 valence electrons. The summed E-state index contributed by atoms with van der Waals surface area (Å²) >= 11 is 0. The number of fused-ring (bicyclic) bond motifs is 4. The molecule has 0 heterocycles. The molecule has 0 radical (unpaired) electrons. The Morgan fingerprint density at radius 3 is 2.29 bits per heavy atom. The van der Waals surface area contributed by atoms with Crippen molar-refractivity contribution in [3.05, 3.63) is 59.7 Å². The molecule has 4 atom stereocenters. The van der Waals surface area contributed by atoms with E-state index >= 15 is 0 Å². The maximum Gasteiger partial charge on any atom is 0.407 e. The Morgan fingerprint density at radius 2 is 1.66 bits per heavy atom. The Balaban J connectivity index is 1.15. The molecule has 0 aromatic heterocycles. The fraction of sp³-hybridized carbons (Fsp3) is 0.464. The number of carbonyl (C=O) groups excluding carboxylic acids is 2. The quantitative estimate of drug-likeness (QED) is 0.593. The Hall–Kier alpha value is -3.35. The molecule has 2 N–H and O–H groups in total. The summed E-state index contributed by atoms with van der Waals surface area (Å²) in [6.45, 7) is 2.43. The molecule has 7 nitrogen and oxygen atoms in total. The highest BCUT2D eigenvalue weighted by atomic mass is 16.5. The van der Waals surface area contributed by atoms with E-state index in [9.17, 15) is 14.4 Å². The highest BCUT2D eigenvalue weighted by Gasteiger charge is 2.50. The van der Waals surface area contributed by atoms with Gasteiger partial charge in [0.05, 0.1) is 0 Å². The van der Waals surface area contributed by atoms with E-state index in [1.807, 2.05) is 31.2 Å². The van der Waals surface area contributed by atoms with Gasteiger partial charge in [-0.1, -0.05) is 55.5 Å². The van der Waals surface area contributed by atoms with Crippen molar-refractivity contribution in [3.63, 3.8) is 0 Å². The average molecular weight is 477 g/mol. The number of aliphatic carboxylic acids is 1. The van der Waals surface area contributed by atoms with Crippen LogP contribution in [0.25, 0.3) is 11.1 Å². The molecule has 2 fully saturated rings. The zero-order valence-corrected chi connectivity index (χ0v) is 20.0. The summed E-state index contributed by atoms with van der Waals surface area (Å²) in [5.41, 5.74) is 4.75. The van der Waals surface area contributed by atoms with E-state index in [2.05, 4.69) is 29.6 Å². The zero-order chi connectivity index (χ0) is 24.5. The number of hydrogen-bond donors (Lipinski definition) is 2. The molecule has 0 spiro atoms. The molecule has 0 saturated heterocycles. The molecule has 7 heteroatoms. The molecule has 2 aromatic carbocycles. The fourth-order valence-electron chi connectivity index (χ4n) is 6.34. The summed E-state index contributed by atoms with van der Waals surface area (Å²) in [6, 6.07) is 16.5. The average Bonchev–Trinajstić information content (AvgIpc) is 3.35. The van der Waals surface area contributed by atoms with Gasteiger partial charge in [0.25, 0.3) is 0 Å². The van der Waals surface area contributed by atoms with Crippen LogP contribution in [0.3, 0.4) is 0 Å².